The van der Waals surface area contributed by atoms with Crippen molar-refractivity contribution in [3.05, 3.63) is 28.3 Å². The molecule has 2 N–H and O–H groups in total. The van der Waals surface area contributed by atoms with Gasteiger partial charge in [0.15, 0.2) is 11.6 Å². The highest BCUT2D eigenvalue weighted by Gasteiger charge is 2.21. The number of carbonyl (C=O) groups is 4. The third kappa shape index (κ3) is 3.84. The van der Waals surface area contributed by atoms with E-state index in [0.717, 1.165) is 0 Å². The lowest BCUT2D eigenvalue weighted by atomic mass is 9.90. The van der Waals surface area contributed by atoms with Gasteiger partial charge in [0.2, 0.25) is 0 Å². The lowest BCUT2D eigenvalue weighted by Gasteiger charge is -2.14. The Morgan fingerprint density at radius 2 is 1.43 bits per heavy atom. The highest BCUT2D eigenvalue weighted by Crippen LogP contribution is 2.27. The highest BCUT2D eigenvalue weighted by molar-refractivity contribution is 6.14. The number of hydrogen-bond acceptors (Lipinski definition) is 5. The molecule has 0 aliphatic rings. The van der Waals surface area contributed by atoms with Gasteiger partial charge >= 0.3 is 0 Å². The van der Waals surface area contributed by atoms with Crippen molar-refractivity contribution in [3.8, 4) is 0 Å². The second kappa shape index (κ2) is 6.43. The van der Waals surface area contributed by atoms with Crippen LogP contribution in [-0.2, 0) is 9.59 Å². The fourth-order valence-electron chi connectivity index (χ4n) is 2.24. The number of carbonyl (C=O) groups excluding carboxylic acids is 4. The number of anilines is 1. The predicted molar refractivity (Wildman–Crippen MR) is 79.6 cm³/mol. The van der Waals surface area contributed by atoms with Crippen LogP contribution in [0.1, 0.15) is 58.5 Å². The summed E-state index contributed by atoms with van der Waals surface area (Å²) < 4.78 is 0. The summed E-state index contributed by atoms with van der Waals surface area (Å²) in [4.78, 5) is 46.2. The van der Waals surface area contributed by atoms with Crippen LogP contribution in [0.3, 0.4) is 0 Å². The van der Waals surface area contributed by atoms with Gasteiger partial charge in [-0.3, -0.25) is 19.2 Å². The lowest BCUT2D eigenvalue weighted by Crippen LogP contribution is -2.15. The van der Waals surface area contributed by atoms with Gasteiger partial charge in [0, 0.05) is 16.8 Å². The van der Waals surface area contributed by atoms with E-state index in [4.69, 9.17) is 5.73 Å². The minimum Gasteiger partial charge on any atom is -0.398 e. The van der Waals surface area contributed by atoms with Crippen LogP contribution in [0.2, 0.25) is 0 Å². The molecule has 0 aromatic heterocycles. The molecule has 0 bridgehead atoms. The van der Waals surface area contributed by atoms with Crippen LogP contribution in [-0.4, -0.2) is 23.1 Å². The van der Waals surface area contributed by atoms with Gasteiger partial charge in [-0.05, 0) is 44.9 Å². The zero-order valence-electron chi connectivity index (χ0n) is 12.7. The topological polar surface area (TPSA) is 94.3 Å². The maximum Gasteiger partial charge on any atom is 0.172 e. The van der Waals surface area contributed by atoms with Gasteiger partial charge < -0.3 is 5.73 Å². The molecule has 1 aromatic carbocycles. The van der Waals surface area contributed by atoms with Gasteiger partial charge in [-0.1, -0.05) is 0 Å². The summed E-state index contributed by atoms with van der Waals surface area (Å²) >= 11 is 0. The molecule has 0 amide bonds. The van der Waals surface area contributed by atoms with Crippen LogP contribution in [0, 0.1) is 13.8 Å². The van der Waals surface area contributed by atoms with Crippen LogP contribution in [0.15, 0.2) is 6.07 Å². The van der Waals surface area contributed by atoms with Crippen molar-refractivity contribution in [2.24, 2.45) is 0 Å². The molecule has 0 saturated heterocycles. The second-order valence-electron chi connectivity index (χ2n) is 5.26. The Bertz CT molecular complexity index is 644. The van der Waals surface area contributed by atoms with Gasteiger partial charge in [-0.15, -0.1) is 0 Å². The Kier molecular flexibility index (Phi) is 5.13. The summed E-state index contributed by atoms with van der Waals surface area (Å²) in [7, 11) is 0. The number of hydrogen-bond donors (Lipinski definition) is 1. The van der Waals surface area contributed by atoms with E-state index in [-0.39, 0.29) is 47.2 Å². The molecule has 5 nitrogen and oxygen atoms in total. The van der Waals surface area contributed by atoms with E-state index in [1.165, 1.54) is 13.8 Å². The van der Waals surface area contributed by atoms with Crippen molar-refractivity contribution >= 4 is 28.8 Å². The molecule has 0 saturated carbocycles. The van der Waals surface area contributed by atoms with Gasteiger partial charge in [-0.25, -0.2) is 0 Å². The zero-order valence-corrected chi connectivity index (χ0v) is 12.7. The minimum absolute atomic E-state index is 0.194. The van der Waals surface area contributed by atoms with E-state index in [1.54, 1.807) is 19.9 Å². The summed E-state index contributed by atoms with van der Waals surface area (Å²) in [5.74, 6) is -1.15. The first-order valence-electron chi connectivity index (χ1n) is 6.60. The number of benzene rings is 1. The van der Waals surface area contributed by atoms with Crippen molar-refractivity contribution in [2.45, 2.75) is 40.5 Å². The molecule has 0 heterocycles. The Balaban J connectivity index is 3.33. The molecule has 0 spiro atoms. The quantitative estimate of drug-likeness (QED) is 0.492. The van der Waals surface area contributed by atoms with Gasteiger partial charge in [0.05, 0.1) is 12.8 Å². The molecule has 0 aliphatic heterocycles. The van der Waals surface area contributed by atoms with Crippen molar-refractivity contribution in [3.63, 3.8) is 0 Å². The van der Waals surface area contributed by atoms with Crippen LogP contribution in [0.5, 0.6) is 0 Å². The first-order valence-corrected chi connectivity index (χ1v) is 6.60. The molecular weight excluding hydrogens is 270 g/mol. The third-order valence-electron chi connectivity index (χ3n) is 3.23. The standard InChI is InChI=1S/C16H19NO4/c1-8-5-12(13(20)6-9(2)18)11(4)16(17)15(8)14(21)7-10(3)19/h5H,6-7,17H2,1-4H3. The largest absolute Gasteiger partial charge is 0.398 e. The summed E-state index contributed by atoms with van der Waals surface area (Å²) in [6.07, 6.45) is -0.411. The molecule has 1 rings (SSSR count). The molecule has 21 heavy (non-hydrogen) atoms. The van der Waals surface area contributed by atoms with Crippen LogP contribution < -0.4 is 5.73 Å². The summed E-state index contributed by atoms with van der Waals surface area (Å²) in [6, 6.07) is 1.56. The first kappa shape index (κ1) is 16.8. The third-order valence-corrected chi connectivity index (χ3v) is 3.23. The SMILES string of the molecule is CC(=O)CC(=O)c1cc(C)c(C(=O)CC(C)=O)c(N)c1C. The zero-order chi connectivity index (χ0) is 16.3. The number of rotatable bonds is 6. The normalized spacial score (nSPS) is 10.3. The summed E-state index contributed by atoms with van der Waals surface area (Å²) in [5, 5.41) is 0. The van der Waals surface area contributed by atoms with E-state index in [9.17, 15) is 19.2 Å². The molecule has 0 aliphatic carbocycles. The Hall–Kier alpha value is -2.30. The Morgan fingerprint density at radius 1 is 0.952 bits per heavy atom. The highest BCUT2D eigenvalue weighted by atomic mass is 16.2. The fourth-order valence-corrected chi connectivity index (χ4v) is 2.24. The lowest BCUT2D eigenvalue weighted by molar-refractivity contribution is -0.117. The molecule has 0 atom stereocenters. The van der Waals surface area contributed by atoms with E-state index in [0.29, 0.717) is 16.7 Å². The monoisotopic (exact) mass is 289 g/mol. The number of nitrogens with two attached hydrogens (primary N) is 1. The number of nitrogen functional groups attached to an aromatic ring is 1. The molecule has 0 radical (unpaired) electrons. The van der Waals surface area contributed by atoms with E-state index >= 15 is 0 Å². The Morgan fingerprint density at radius 3 is 1.90 bits per heavy atom. The van der Waals surface area contributed by atoms with E-state index in [1.807, 2.05) is 0 Å². The smallest absolute Gasteiger partial charge is 0.172 e. The van der Waals surface area contributed by atoms with Crippen LogP contribution >= 0.6 is 0 Å². The number of Topliss-reactive ketones (excluding diaryl/α,β-unsaturated/α-hetero) is 4. The summed E-state index contributed by atoms with van der Waals surface area (Å²) in [6.45, 7) is 5.97. The fraction of sp³-hybridized carbons (Fsp3) is 0.375. The van der Waals surface area contributed by atoms with Crippen LogP contribution in [0.25, 0.3) is 0 Å². The Labute approximate surface area is 123 Å². The average molecular weight is 289 g/mol. The van der Waals surface area contributed by atoms with Gasteiger partial charge in [0.25, 0.3) is 0 Å². The van der Waals surface area contributed by atoms with Gasteiger partial charge in [-0.2, -0.15) is 0 Å². The van der Waals surface area contributed by atoms with Crippen LogP contribution in [0.4, 0.5) is 5.69 Å². The molecular formula is C16H19NO4. The van der Waals surface area contributed by atoms with Crippen molar-refractivity contribution in [1.29, 1.82) is 0 Å². The number of ketones is 4. The molecule has 112 valence electrons. The van der Waals surface area contributed by atoms with Crippen molar-refractivity contribution in [2.75, 3.05) is 5.73 Å². The summed E-state index contributed by atoms with van der Waals surface area (Å²) in [5.41, 5.74) is 7.80. The predicted octanol–water partition coefficient (Wildman–Crippen LogP) is 2.21. The maximum atomic E-state index is 12.1. The maximum absolute atomic E-state index is 12.1. The first-order chi connectivity index (χ1) is 9.65. The van der Waals surface area contributed by atoms with E-state index < -0.39 is 0 Å². The number of aryl methyl sites for hydroxylation is 1. The molecule has 5 heteroatoms. The molecule has 1 aromatic rings. The molecule has 0 unspecified atom stereocenters. The minimum atomic E-state index is -0.355. The van der Waals surface area contributed by atoms with Crippen molar-refractivity contribution < 1.29 is 19.2 Å². The average Bonchev–Trinajstić information content (AvgIpc) is 2.31. The van der Waals surface area contributed by atoms with E-state index in [2.05, 4.69) is 0 Å². The van der Waals surface area contributed by atoms with Crippen molar-refractivity contribution in [1.82, 2.24) is 0 Å². The molecule has 0 fully saturated rings. The second-order valence-corrected chi connectivity index (χ2v) is 5.26. The van der Waals surface area contributed by atoms with Gasteiger partial charge in [0.1, 0.15) is 11.6 Å².